The number of carbonyl (C=O) groups is 3. The van der Waals surface area contributed by atoms with Gasteiger partial charge >= 0.3 is 15.6 Å². The van der Waals surface area contributed by atoms with Gasteiger partial charge in [0.1, 0.15) is 54.8 Å². The molecule has 0 aliphatic carbocycles. The highest BCUT2D eigenvalue weighted by Gasteiger charge is 2.55. The van der Waals surface area contributed by atoms with Crippen molar-refractivity contribution in [2.75, 3.05) is 19.8 Å². The van der Waals surface area contributed by atoms with Crippen molar-refractivity contribution in [3.63, 3.8) is 0 Å². The fraction of sp³-hybridized carbons (Fsp3) is 0.743. The van der Waals surface area contributed by atoms with E-state index < -0.39 is 120 Å². The van der Waals surface area contributed by atoms with E-state index in [2.05, 4.69) is 27.1 Å². The maximum absolute atomic E-state index is 13.2. The van der Waals surface area contributed by atoms with Crippen molar-refractivity contribution < 1.29 is 86.0 Å². The Labute approximate surface area is 332 Å². The highest BCUT2D eigenvalue weighted by Crippen LogP contribution is 2.61. The number of allylic oxidation sites excluding steroid dienone is 5. The minimum absolute atomic E-state index is 0.479. The lowest BCUT2D eigenvalue weighted by atomic mass is 9.94. The van der Waals surface area contributed by atoms with E-state index in [1.807, 2.05) is 20.8 Å². The second-order valence-electron chi connectivity index (χ2n) is 14.2. The number of hydrogen-bond acceptors (Lipinski definition) is 16. The fourth-order valence-electron chi connectivity index (χ4n) is 5.84. The minimum Gasteiger partial charge on any atom is -0.394 e. The van der Waals surface area contributed by atoms with Gasteiger partial charge in [0.15, 0.2) is 18.4 Å². The summed E-state index contributed by atoms with van der Waals surface area (Å²) in [6, 6.07) is -3.20. The first-order valence-corrected chi connectivity index (χ1v) is 21.4. The smallest absolute Gasteiger partial charge is 0.394 e. The average Bonchev–Trinajstić information content (AvgIpc) is 3.08. The molecule has 328 valence electrons. The van der Waals surface area contributed by atoms with Crippen LogP contribution in [0.3, 0.4) is 0 Å². The molecule has 2 amide bonds. The van der Waals surface area contributed by atoms with Gasteiger partial charge in [-0.15, -0.1) is 0 Å². The Balaban J connectivity index is 2.32. The number of nitrogens with one attached hydrogen (secondary N) is 2. The Hall–Kier alpha value is -2.23. The molecular weight excluding hydrogens is 798 g/mol. The van der Waals surface area contributed by atoms with Crippen LogP contribution in [-0.4, -0.2) is 135 Å². The molecule has 13 unspecified atom stereocenters. The summed E-state index contributed by atoms with van der Waals surface area (Å²) in [5.74, 6) is -2.02. The second kappa shape index (κ2) is 23.5. The normalized spacial score (nSPS) is 31.1. The predicted molar refractivity (Wildman–Crippen MR) is 202 cm³/mol. The van der Waals surface area contributed by atoms with E-state index in [9.17, 15) is 53.7 Å². The number of aliphatic hydroxyl groups is 4. The molecule has 2 aliphatic rings. The van der Waals surface area contributed by atoms with Crippen LogP contribution in [0.5, 0.6) is 0 Å². The number of Topliss-reactive ketones (excluding diaryl/α,β-unsaturated/α-hetero) is 1. The molecule has 0 aromatic heterocycles. The maximum atomic E-state index is 13.2. The van der Waals surface area contributed by atoms with E-state index in [1.165, 1.54) is 31.1 Å². The van der Waals surface area contributed by atoms with Crippen molar-refractivity contribution in [2.45, 2.75) is 148 Å². The largest absolute Gasteiger partial charge is 0.483 e. The quantitative estimate of drug-likeness (QED) is 0.0566. The van der Waals surface area contributed by atoms with E-state index >= 15 is 0 Å². The number of ether oxygens (including phenoxy) is 4. The van der Waals surface area contributed by atoms with Gasteiger partial charge in [-0.3, -0.25) is 23.4 Å². The zero-order chi connectivity index (χ0) is 43.2. The van der Waals surface area contributed by atoms with E-state index in [0.29, 0.717) is 12.8 Å². The number of hydrogen-bond donors (Lipinski definition) is 8. The molecule has 2 fully saturated rings. The standard InChI is InChI=1S/C35H60N2O18P2/c1-19(2)11-9-12-20(3)13-10-14-21(4)15-16-49-56(45,46)55-57(47,48)54-35-29(37-25(8)42)33(50-23(6)22(5)40)32(27(18-39)52-35)53-34-28(36-24(7)41)31(44)30(43)26(17-38)51-34/h11,13,15,23,26-35,38-39,43-44H,9-10,12,14,16-18H2,1-8H3,(H,36,41)(H,37,42)(H,45,46)(H,47,48)/b20-13+,21-15-. The molecular formula is C35H60N2O18P2. The first-order valence-electron chi connectivity index (χ1n) is 18.4. The van der Waals surface area contributed by atoms with Gasteiger partial charge in [0, 0.05) is 13.8 Å². The summed E-state index contributed by atoms with van der Waals surface area (Å²) in [5.41, 5.74) is 3.27. The number of carbonyl (C=O) groups excluding carboxylic acids is 3. The molecule has 57 heavy (non-hydrogen) atoms. The molecule has 2 rings (SSSR count). The molecule has 8 N–H and O–H groups in total. The number of amides is 2. The predicted octanol–water partition coefficient (Wildman–Crippen LogP) is 1.57. The zero-order valence-electron chi connectivity index (χ0n) is 33.5. The Morgan fingerprint density at radius 3 is 1.82 bits per heavy atom. The lowest BCUT2D eigenvalue weighted by Crippen LogP contribution is -2.70. The summed E-state index contributed by atoms with van der Waals surface area (Å²) in [6.07, 6.45) is -5.96. The van der Waals surface area contributed by atoms with E-state index in [0.717, 1.165) is 32.3 Å². The molecule has 2 saturated heterocycles. The molecule has 0 aromatic rings. The summed E-state index contributed by atoms with van der Waals surface area (Å²) < 4.78 is 63.9. The number of phosphoric ester groups is 2. The summed E-state index contributed by atoms with van der Waals surface area (Å²) in [6.45, 7) is 10.3. The summed E-state index contributed by atoms with van der Waals surface area (Å²) in [4.78, 5) is 57.8. The number of phosphoric acid groups is 2. The number of rotatable bonds is 22. The van der Waals surface area contributed by atoms with Crippen LogP contribution in [0.4, 0.5) is 0 Å². The lowest BCUT2D eigenvalue weighted by molar-refractivity contribution is -0.331. The first-order chi connectivity index (χ1) is 26.5. The SMILES string of the molecule is CC(=O)NC1C(OC2C(CO)OC(OP(=O)(O)OP(=O)(O)OC/C=C(/C)CC/C=C(\C)CCC=C(C)C)C(NC(C)=O)C2OC(C)C(C)=O)OC(CO)C(O)C1O. The number of aliphatic hydroxyl groups excluding tert-OH is 4. The van der Waals surface area contributed by atoms with Crippen LogP contribution in [0.25, 0.3) is 0 Å². The van der Waals surface area contributed by atoms with Crippen LogP contribution >= 0.6 is 15.6 Å². The third-order valence-corrected chi connectivity index (χ3v) is 11.5. The topological polar surface area (TPSA) is 295 Å². The zero-order valence-corrected chi connectivity index (χ0v) is 35.3. The third kappa shape index (κ3) is 17.1. The van der Waals surface area contributed by atoms with Crippen molar-refractivity contribution in [1.82, 2.24) is 10.6 Å². The van der Waals surface area contributed by atoms with Gasteiger partial charge in [0.2, 0.25) is 11.8 Å². The highest BCUT2D eigenvalue weighted by atomic mass is 31.3. The fourth-order valence-corrected chi connectivity index (χ4v) is 7.94. The van der Waals surface area contributed by atoms with Crippen LogP contribution in [0.15, 0.2) is 34.9 Å². The van der Waals surface area contributed by atoms with Gasteiger partial charge in [-0.1, -0.05) is 34.9 Å². The molecule has 13 atom stereocenters. The molecule has 2 heterocycles. The van der Waals surface area contributed by atoms with Gasteiger partial charge in [0.05, 0.1) is 19.8 Å². The number of ketones is 1. The summed E-state index contributed by atoms with van der Waals surface area (Å²) in [5, 5.41) is 46.2. The molecule has 0 radical (unpaired) electrons. The average molecular weight is 859 g/mol. The Morgan fingerprint density at radius 1 is 0.737 bits per heavy atom. The maximum Gasteiger partial charge on any atom is 0.483 e. The Morgan fingerprint density at radius 2 is 1.28 bits per heavy atom. The van der Waals surface area contributed by atoms with Gasteiger partial charge < -0.3 is 59.8 Å². The van der Waals surface area contributed by atoms with Crippen LogP contribution in [0.1, 0.15) is 81.1 Å². The molecule has 0 bridgehead atoms. The van der Waals surface area contributed by atoms with Crippen molar-refractivity contribution in [3.8, 4) is 0 Å². The first kappa shape index (κ1) is 50.9. The molecule has 20 nitrogen and oxygen atoms in total. The molecule has 0 spiro atoms. The summed E-state index contributed by atoms with van der Waals surface area (Å²) in [7, 11) is -11.0. The molecule has 0 aromatic carbocycles. The van der Waals surface area contributed by atoms with Crippen LogP contribution in [0, 0.1) is 0 Å². The van der Waals surface area contributed by atoms with Crippen molar-refractivity contribution in [2.24, 2.45) is 0 Å². The van der Waals surface area contributed by atoms with Gasteiger partial charge in [-0.05, 0) is 67.2 Å². The molecule has 0 saturated carbocycles. The lowest BCUT2D eigenvalue weighted by Gasteiger charge is -2.49. The Bertz CT molecular complexity index is 1540. The minimum atomic E-state index is -5.65. The monoisotopic (exact) mass is 858 g/mol. The van der Waals surface area contributed by atoms with E-state index in [-0.39, 0.29) is 0 Å². The van der Waals surface area contributed by atoms with Crippen LogP contribution in [0.2, 0.25) is 0 Å². The summed E-state index contributed by atoms with van der Waals surface area (Å²) >= 11 is 0. The van der Waals surface area contributed by atoms with E-state index in [1.54, 1.807) is 6.92 Å². The van der Waals surface area contributed by atoms with E-state index in [4.69, 9.17) is 28.0 Å². The molecule has 22 heteroatoms. The van der Waals surface area contributed by atoms with Gasteiger partial charge in [0.25, 0.3) is 0 Å². The Kier molecular flexibility index (Phi) is 21.0. The third-order valence-electron chi connectivity index (χ3n) is 8.91. The molecule has 2 aliphatic heterocycles. The van der Waals surface area contributed by atoms with Crippen molar-refractivity contribution in [1.29, 1.82) is 0 Å². The second-order valence-corrected chi connectivity index (χ2v) is 17.2. The van der Waals surface area contributed by atoms with Gasteiger partial charge in [-0.2, -0.15) is 4.31 Å². The van der Waals surface area contributed by atoms with Crippen LogP contribution in [-0.2, 0) is 55.8 Å². The van der Waals surface area contributed by atoms with Crippen molar-refractivity contribution >= 4 is 33.2 Å². The highest BCUT2D eigenvalue weighted by molar-refractivity contribution is 7.61. The van der Waals surface area contributed by atoms with Crippen LogP contribution < -0.4 is 10.6 Å². The van der Waals surface area contributed by atoms with Gasteiger partial charge in [-0.25, -0.2) is 9.13 Å². The van der Waals surface area contributed by atoms with Crippen molar-refractivity contribution in [3.05, 3.63) is 34.9 Å².